The summed E-state index contributed by atoms with van der Waals surface area (Å²) in [6.07, 6.45) is 5.96. The lowest BCUT2D eigenvalue weighted by Gasteiger charge is -2.20. The van der Waals surface area contributed by atoms with Crippen LogP contribution in [0.5, 0.6) is 0 Å². The number of carbonyl (C=O) groups is 1. The van der Waals surface area contributed by atoms with E-state index >= 15 is 0 Å². The Bertz CT molecular complexity index is 1120. The van der Waals surface area contributed by atoms with Crippen molar-refractivity contribution in [2.45, 2.75) is 57.0 Å². The Kier molecular flexibility index (Phi) is 8.08. The van der Waals surface area contributed by atoms with E-state index < -0.39 is 21.4 Å². The molecule has 0 aliphatic carbocycles. The van der Waals surface area contributed by atoms with Gasteiger partial charge in [-0.2, -0.15) is 4.31 Å². The van der Waals surface area contributed by atoms with Gasteiger partial charge in [-0.3, -0.25) is 9.59 Å². The molecule has 32 heavy (non-hydrogen) atoms. The number of rotatable bonds is 8. The van der Waals surface area contributed by atoms with E-state index in [2.05, 4.69) is 5.32 Å². The van der Waals surface area contributed by atoms with Gasteiger partial charge in [0.2, 0.25) is 15.5 Å². The van der Waals surface area contributed by atoms with Gasteiger partial charge in [0.25, 0.3) is 5.91 Å². The van der Waals surface area contributed by atoms with Gasteiger partial charge in [-0.25, -0.2) is 8.42 Å². The van der Waals surface area contributed by atoms with Crippen molar-refractivity contribution in [2.75, 3.05) is 26.2 Å². The molecule has 2 heterocycles. The standard InChI is InChI=1S/C23H33N3O5S/c1-17(2)31-14-8-11-24-23(28)20-16-25(3)21-10-9-18(15-19(21)22(20)27)32(29,30)26-12-6-4-5-7-13-26/h9-10,15-17H,4-8,11-14H2,1-3H3,(H,24,28). The summed E-state index contributed by atoms with van der Waals surface area (Å²) in [7, 11) is -1.96. The third-order valence-corrected chi connectivity index (χ3v) is 7.56. The van der Waals surface area contributed by atoms with Gasteiger partial charge in [0.1, 0.15) is 5.56 Å². The summed E-state index contributed by atoms with van der Waals surface area (Å²) in [5, 5.41) is 2.97. The Morgan fingerprint density at radius 1 is 1.16 bits per heavy atom. The predicted octanol–water partition coefficient (Wildman–Crippen LogP) is 2.65. The van der Waals surface area contributed by atoms with Crippen molar-refractivity contribution in [1.29, 1.82) is 0 Å². The Labute approximate surface area is 189 Å². The first-order valence-electron chi connectivity index (χ1n) is 11.2. The molecule has 8 nitrogen and oxygen atoms in total. The number of hydrogen-bond donors (Lipinski definition) is 1. The average Bonchev–Trinajstić information content (AvgIpc) is 3.05. The highest BCUT2D eigenvalue weighted by Crippen LogP contribution is 2.23. The lowest BCUT2D eigenvalue weighted by molar-refractivity contribution is 0.0757. The van der Waals surface area contributed by atoms with Gasteiger partial charge in [0.15, 0.2) is 0 Å². The second-order valence-electron chi connectivity index (χ2n) is 8.51. The third kappa shape index (κ3) is 5.57. The Balaban J connectivity index is 1.87. The zero-order valence-electron chi connectivity index (χ0n) is 19.1. The number of amides is 1. The molecule has 0 saturated carbocycles. The summed E-state index contributed by atoms with van der Waals surface area (Å²) in [5.74, 6) is -0.474. The lowest BCUT2D eigenvalue weighted by Crippen LogP contribution is -2.32. The lowest BCUT2D eigenvalue weighted by atomic mass is 10.1. The van der Waals surface area contributed by atoms with Gasteiger partial charge in [-0.05, 0) is 51.3 Å². The van der Waals surface area contributed by atoms with Crippen LogP contribution in [0, 0.1) is 0 Å². The van der Waals surface area contributed by atoms with Crippen LogP contribution in [0.2, 0.25) is 0 Å². The van der Waals surface area contributed by atoms with E-state index in [-0.39, 0.29) is 21.9 Å². The molecular formula is C23H33N3O5S. The number of nitrogens with one attached hydrogen (secondary N) is 1. The molecule has 9 heteroatoms. The largest absolute Gasteiger partial charge is 0.379 e. The van der Waals surface area contributed by atoms with E-state index in [1.54, 1.807) is 17.7 Å². The quantitative estimate of drug-likeness (QED) is 0.607. The maximum atomic E-state index is 13.2. The molecule has 0 radical (unpaired) electrons. The molecule has 0 unspecified atom stereocenters. The average molecular weight is 464 g/mol. The number of aryl methyl sites for hydroxylation is 1. The molecule has 1 saturated heterocycles. The highest BCUT2D eigenvalue weighted by Gasteiger charge is 2.26. The first-order chi connectivity index (χ1) is 15.2. The van der Waals surface area contributed by atoms with E-state index in [1.807, 2.05) is 13.8 Å². The number of aromatic nitrogens is 1. The van der Waals surface area contributed by atoms with Gasteiger partial charge in [-0.1, -0.05) is 12.8 Å². The molecule has 1 N–H and O–H groups in total. The van der Waals surface area contributed by atoms with Crippen LogP contribution in [0.25, 0.3) is 10.9 Å². The van der Waals surface area contributed by atoms with Crippen molar-refractivity contribution in [3.05, 3.63) is 40.2 Å². The molecule has 1 aliphatic rings. The van der Waals surface area contributed by atoms with Crippen LogP contribution in [0.4, 0.5) is 0 Å². The number of nitrogens with zero attached hydrogens (tertiary/aromatic N) is 2. The zero-order chi connectivity index (χ0) is 23.3. The van der Waals surface area contributed by atoms with Crippen molar-refractivity contribution in [3.8, 4) is 0 Å². The van der Waals surface area contributed by atoms with Gasteiger partial charge >= 0.3 is 0 Å². The molecule has 1 fully saturated rings. The van der Waals surface area contributed by atoms with Gasteiger partial charge in [0, 0.05) is 44.9 Å². The second kappa shape index (κ2) is 10.6. The number of ether oxygens (including phenoxy) is 1. The van der Waals surface area contributed by atoms with Crippen LogP contribution in [-0.4, -0.2) is 55.5 Å². The highest BCUT2D eigenvalue weighted by atomic mass is 32.2. The molecule has 176 valence electrons. The number of hydrogen-bond acceptors (Lipinski definition) is 5. The van der Waals surface area contributed by atoms with Crippen molar-refractivity contribution in [1.82, 2.24) is 14.2 Å². The molecule has 2 aromatic rings. The third-order valence-electron chi connectivity index (χ3n) is 5.67. The Hall–Kier alpha value is -2.23. The summed E-state index contributed by atoms with van der Waals surface area (Å²) in [4.78, 5) is 25.8. The van der Waals surface area contributed by atoms with Gasteiger partial charge in [-0.15, -0.1) is 0 Å². The van der Waals surface area contributed by atoms with E-state index in [1.165, 1.54) is 22.6 Å². The van der Waals surface area contributed by atoms with Crippen molar-refractivity contribution >= 4 is 26.8 Å². The minimum atomic E-state index is -3.70. The van der Waals surface area contributed by atoms with Crippen molar-refractivity contribution in [3.63, 3.8) is 0 Å². The monoisotopic (exact) mass is 463 g/mol. The summed E-state index contributed by atoms with van der Waals surface area (Å²) in [5.41, 5.74) is 0.0998. The van der Waals surface area contributed by atoms with Crippen LogP contribution in [0.3, 0.4) is 0 Å². The highest BCUT2D eigenvalue weighted by molar-refractivity contribution is 7.89. The number of sulfonamides is 1. The van der Waals surface area contributed by atoms with Crippen LogP contribution >= 0.6 is 0 Å². The first-order valence-corrected chi connectivity index (χ1v) is 12.7. The van der Waals surface area contributed by atoms with E-state index in [9.17, 15) is 18.0 Å². The second-order valence-corrected chi connectivity index (χ2v) is 10.4. The van der Waals surface area contributed by atoms with Crippen LogP contribution in [0.1, 0.15) is 56.3 Å². The van der Waals surface area contributed by atoms with Crippen LogP contribution < -0.4 is 10.7 Å². The molecule has 0 spiro atoms. The molecule has 1 aliphatic heterocycles. The smallest absolute Gasteiger partial charge is 0.256 e. The number of benzene rings is 1. The van der Waals surface area contributed by atoms with Crippen LogP contribution in [-0.2, 0) is 21.8 Å². The fourth-order valence-electron chi connectivity index (χ4n) is 3.91. The molecule has 0 atom stereocenters. The SMILES string of the molecule is CC(C)OCCCNC(=O)c1cn(C)c2ccc(S(=O)(=O)N3CCCCCC3)cc2c1=O. The molecule has 0 bridgehead atoms. The molecule has 1 amide bonds. The van der Waals surface area contributed by atoms with E-state index in [4.69, 9.17) is 4.74 Å². The van der Waals surface area contributed by atoms with Crippen molar-refractivity contribution in [2.24, 2.45) is 7.05 Å². The summed E-state index contributed by atoms with van der Waals surface area (Å²) in [6.45, 7) is 5.77. The molecule has 1 aromatic heterocycles. The fourth-order valence-corrected chi connectivity index (χ4v) is 5.46. The summed E-state index contributed by atoms with van der Waals surface area (Å²) < 4.78 is 35.0. The minimum Gasteiger partial charge on any atom is -0.379 e. The molecule has 3 rings (SSSR count). The Morgan fingerprint density at radius 2 is 1.84 bits per heavy atom. The Morgan fingerprint density at radius 3 is 2.50 bits per heavy atom. The number of pyridine rings is 1. The maximum absolute atomic E-state index is 13.2. The normalized spacial score (nSPS) is 15.8. The summed E-state index contributed by atoms with van der Waals surface area (Å²) in [6, 6.07) is 4.58. The van der Waals surface area contributed by atoms with E-state index in [0.717, 1.165) is 25.7 Å². The topological polar surface area (TPSA) is 97.7 Å². The number of fused-ring (bicyclic) bond motifs is 1. The van der Waals surface area contributed by atoms with Gasteiger partial charge in [0.05, 0.1) is 16.5 Å². The minimum absolute atomic E-state index is 0.00546. The fraction of sp³-hybridized carbons (Fsp3) is 0.565. The van der Waals surface area contributed by atoms with E-state index in [0.29, 0.717) is 38.2 Å². The van der Waals surface area contributed by atoms with Crippen LogP contribution in [0.15, 0.2) is 34.1 Å². The molecular weight excluding hydrogens is 430 g/mol. The molecule has 1 aromatic carbocycles. The zero-order valence-corrected chi connectivity index (χ0v) is 19.9. The van der Waals surface area contributed by atoms with Gasteiger partial charge < -0.3 is 14.6 Å². The maximum Gasteiger partial charge on any atom is 0.256 e. The first kappa shape index (κ1) is 24.4. The summed E-state index contributed by atoms with van der Waals surface area (Å²) >= 11 is 0. The van der Waals surface area contributed by atoms with Crippen molar-refractivity contribution < 1.29 is 17.9 Å². The predicted molar refractivity (Wildman–Crippen MR) is 124 cm³/mol. The number of carbonyl (C=O) groups excluding carboxylic acids is 1.